The molecule has 0 unspecified atom stereocenters. The molecule has 0 amide bonds. The summed E-state index contributed by atoms with van der Waals surface area (Å²) in [6.45, 7) is 9.51. The van der Waals surface area contributed by atoms with Gasteiger partial charge in [0.2, 0.25) is 5.69 Å². The predicted molar refractivity (Wildman–Crippen MR) is 109 cm³/mol. The highest BCUT2D eigenvalue weighted by atomic mass is 16.4. The van der Waals surface area contributed by atoms with Crippen LogP contribution in [0.4, 0.5) is 5.69 Å². The van der Waals surface area contributed by atoms with Crippen molar-refractivity contribution in [1.82, 2.24) is 4.57 Å². The van der Waals surface area contributed by atoms with Crippen LogP contribution in [0.25, 0.3) is 38.1 Å². The molecule has 5 heteroatoms. The van der Waals surface area contributed by atoms with Gasteiger partial charge in [0.25, 0.3) is 0 Å². The minimum absolute atomic E-state index is 0.142. The Morgan fingerprint density at radius 2 is 1.86 bits per heavy atom. The van der Waals surface area contributed by atoms with Gasteiger partial charge in [-0.3, -0.25) is 0 Å². The number of rotatable bonds is 4. The molecule has 138 valence electrons. The molecule has 5 nitrogen and oxygen atoms in total. The summed E-state index contributed by atoms with van der Waals surface area (Å²) in [5.41, 5.74) is 5.23. The van der Waals surface area contributed by atoms with Crippen LogP contribution in [-0.4, -0.2) is 15.6 Å². The molecular weight excluding hydrogens is 352 g/mol. The van der Waals surface area contributed by atoms with Crippen molar-refractivity contribution in [1.29, 1.82) is 0 Å². The Balaban J connectivity index is 1.88. The van der Waals surface area contributed by atoms with Gasteiger partial charge in [0.15, 0.2) is 0 Å². The van der Waals surface area contributed by atoms with Gasteiger partial charge in [-0.2, -0.15) is 0 Å². The maximum atomic E-state index is 11.9. The first-order valence-electron chi connectivity index (χ1n) is 8.96. The van der Waals surface area contributed by atoms with Gasteiger partial charge in [-0.15, -0.1) is 0 Å². The number of hydrogen-bond donors (Lipinski definition) is 1. The zero-order chi connectivity index (χ0) is 19.8. The first kappa shape index (κ1) is 17.6. The lowest BCUT2D eigenvalue weighted by molar-refractivity contribution is 0.0687. The highest BCUT2D eigenvalue weighted by Crippen LogP contribution is 2.40. The van der Waals surface area contributed by atoms with E-state index in [0.717, 1.165) is 27.8 Å². The maximum Gasteiger partial charge on any atom is 0.351 e. The standard InChI is InChI=1S/C23H18N2O3/c1-4-18-20(24-2)19(21(23(26)27)25(18)3)15-10-8-14(9-11-15)17-7-5-6-16-12-13-28-22(16)17/h5-13H,4H2,1,3H3,(H,26,27). The SMILES string of the molecule is [C-]#[N+]c1c(-c2ccc(-c3cccc4ccoc34)cc2)c(C(=O)O)n(C)c1CC. The fourth-order valence-corrected chi connectivity index (χ4v) is 3.80. The monoisotopic (exact) mass is 370 g/mol. The molecule has 0 aliphatic heterocycles. The van der Waals surface area contributed by atoms with Crippen molar-refractivity contribution in [2.24, 2.45) is 7.05 Å². The molecular formula is C23H18N2O3. The van der Waals surface area contributed by atoms with E-state index in [1.165, 1.54) is 0 Å². The van der Waals surface area contributed by atoms with Gasteiger partial charge in [-0.1, -0.05) is 49.4 Å². The van der Waals surface area contributed by atoms with Crippen LogP contribution in [-0.2, 0) is 13.5 Å². The normalized spacial score (nSPS) is 10.9. The Hall–Kier alpha value is -3.78. The Morgan fingerprint density at radius 3 is 2.50 bits per heavy atom. The highest BCUT2D eigenvalue weighted by Gasteiger charge is 2.25. The summed E-state index contributed by atoms with van der Waals surface area (Å²) >= 11 is 0. The average Bonchev–Trinajstić information content (AvgIpc) is 3.29. The topological polar surface area (TPSA) is 59.7 Å². The molecule has 0 atom stereocenters. The minimum atomic E-state index is -1.04. The van der Waals surface area contributed by atoms with Gasteiger partial charge in [-0.05, 0) is 23.6 Å². The van der Waals surface area contributed by atoms with Crippen molar-refractivity contribution >= 4 is 22.6 Å². The van der Waals surface area contributed by atoms with E-state index >= 15 is 0 Å². The van der Waals surface area contributed by atoms with Crippen LogP contribution in [0, 0.1) is 6.57 Å². The van der Waals surface area contributed by atoms with E-state index in [4.69, 9.17) is 11.0 Å². The molecule has 2 aromatic heterocycles. The summed E-state index contributed by atoms with van der Waals surface area (Å²) in [5, 5.41) is 10.8. The van der Waals surface area contributed by atoms with Crippen molar-refractivity contribution in [3.05, 3.63) is 77.6 Å². The van der Waals surface area contributed by atoms with Gasteiger partial charge in [0.1, 0.15) is 11.3 Å². The lowest BCUT2D eigenvalue weighted by Crippen LogP contribution is -2.07. The fraction of sp³-hybridized carbons (Fsp3) is 0.130. The van der Waals surface area contributed by atoms with Gasteiger partial charge in [0.05, 0.1) is 12.8 Å². The number of benzene rings is 2. The fourth-order valence-electron chi connectivity index (χ4n) is 3.80. The summed E-state index contributed by atoms with van der Waals surface area (Å²) < 4.78 is 7.23. The molecule has 2 heterocycles. The van der Waals surface area contributed by atoms with Crippen LogP contribution in [0.2, 0.25) is 0 Å². The number of para-hydroxylation sites is 1. The number of nitrogens with zero attached hydrogens (tertiary/aromatic N) is 2. The molecule has 0 radical (unpaired) electrons. The van der Waals surface area contributed by atoms with Gasteiger partial charge in [-0.25, -0.2) is 9.64 Å². The second kappa shape index (κ2) is 6.75. The largest absolute Gasteiger partial charge is 0.477 e. The van der Waals surface area contributed by atoms with E-state index < -0.39 is 5.97 Å². The Kier molecular flexibility index (Phi) is 4.25. The molecule has 0 aliphatic rings. The van der Waals surface area contributed by atoms with Crippen LogP contribution in [0.5, 0.6) is 0 Å². The third-order valence-electron chi connectivity index (χ3n) is 5.10. The number of carbonyl (C=O) groups is 1. The molecule has 0 fully saturated rings. The molecule has 1 N–H and O–H groups in total. The van der Waals surface area contributed by atoms with Crippen LogP contribution < -0.4 is 0 Å². The number of aromatic nitrogens is 1. The summed E-state index contributed by atoms with van der Waals surface area (Å²) in [5.74, 6) is -1.04. The van der Waals surface area contributed by atoms with Crippen LogP contribution in [0.3, 0.4) is 0 Å². The second-order valence-electron chi connectivity index (χ2n) is 6.57. The van der Waals surface area contributed by atoms with E-state index in [1.807, 2.05) is 55.5 Å². The molecule has 4 rings (SSSR count). The van der Waals surface area contributed by atoms with Crippen LogP contribution in [0.15, 0.2) is 59.2 Å². The third kappa shape index (κ3) is 2.58. The van der Waals surface area contributed by atoms with Crippen molar-refractivity contribution < 1.29 is 14.3 Å². The van der Waals surface area contributed by atoms with Gasteiger partial charge < -0.3 is 14.1 Å². The maximum absolute atomic E-state index is 11.9. The number of fused-ring (bicyclic) bond motifs is 1. The van der Waals surface area contributed by atoms with E-state index in [2.05, 4.69) is 4.85 Å². The number of hydrogen-bond acceptors (Lipinski definition) is 2. The minimum Gasteiger partial charge on any atom is -0.477 e. The Labute approximate surface area is 162 Å². The first-order chi connectivity index (χ1) is 13.6. The smallest absolute Gasteiger partial charge is 0.351 e. The summed E-state index contributed by atoms with van der Waals surface area (Å²) in [4.78, 5) is 15.5. The molecule has 0 saturated carbocycles. The van der Waals surface area contributed by atoms with Gasteiger partial charge >= 0.3 is 5.97 Å². The van der Waals surface area contributed by atoms with Crippen molar-refractivity contribution in [3.8, 4) is 22.3 Å². The molecule has 0 aliphatic carbocycles. The van der Waals surface area contributed by atoms with E-state index in [1.54, 1.807) is 17.9 Å². The van der Waals surface area contributed by atoms with E-state index in [9.17, 15) is 9.90 Å². The van der Waals surface area contributed by atoms with Crippen molar-refractivity contribution in [2.45, 2.75) is 13.3 Å². The Morgan fingerprint density at radius 1 is 1.14 bits per heavy atom. The predicted octanol–water partition coefficient (Wildman–Crippen LogP) is 5.92. The van der Waals surface area contributed by atoms with Crippen LogP contribution in [0.1, 0.15) is 23.1 Å². The summed E-state index contributed by atoms with van der Waals surface area (Å²) in [7, 11) is 1.70. The molecule has 0 spiro atoms. The zero-order valence-corrected chi connectivity index (χ0v) is 15.6. The van der Waals surface area contributed by atoms with E-state index in [-0.39, 0.29) is 5.69 Å². The third-order valence-corrected chi connectivity index (χ3v) is 5.10. The number of carboxylic acid groups (broad SMARTS) is 1. The average molecular weight is 370 g/mol. The lowest BCUT2D eigenvalue weighted by Gasteiger charge is -2.07. The summed E-state index contributed by atoms with van der Waals surface area (Å²) in [6.07, 6.45) is 2.26. The Bertz CT molecular complexity index is 1240. The number of furan rings is 1. The number of aromatic carboxylic acids is 1. The first-order valence-corrected chi connectivity index (χ1v) is 8.96. The summed E-state index contributed by atoms with van der Waals surface area (Å²) in [6, 6.07) is 15.5. The number of carboxylic acids is 1. The second-order valence-corrected chi connectivity index (χ2v) is 6.57. The molecule has 2 aromatic carbocycles. The molecule has 0 saturated heterocycles. The molecule has 28 heavy (non-hydrogen) atoms. The highest BCUT2D eigenvalue weighted by molar-refractivity contribution is 6.01. The van der Waals surface area contributed by atoms with Gasteiger partial charge in [0, 0.05) is 29.3 Å². The van der Waals surface area contributed by atoms with Crippen molar-refractivity contribution in [2.75, 3.05) is 0 Å². The zero-order valence-electron chi connectivity index (χ0n) is 15.6. The molecule has 0 bridgehead atoms. The molecule has 4 aromatic rings. The van der Waals surface area contributed by atoms with Crippen molar-refractivity contribution in [3.63, 3.8) is 0 Å². The lowest BCUT2D eigenvalue weighted by atomic mass is 9.98. The van der Waals surface area contributed by atoms with E-state index in [0.29, 0.717) is 23.2 Å². The quantitative estimate of drug-likeness (QED) is 0.454. The van der Waals surface area contributed by atoms with Crippen LogP contribution >= 0.6 is 0 Å².